The fourth-order valence-electron chi connectivity index (χ4n) is 2.32. The minimum absolute atomic E-state index is 0.170. The number of hydrogen-bond acceptors (Lipinski definition) is 3. The normalized spacial score (nSPS) is 14.6. The van der Waals surface area contributed by atoms with E-state index in [-0.39, 0.29) is 17.9 Å². The first kappa shape index (κ1) is 14.4. The van der Waals surface area contributed by atoms with Gasteiger partial charge in [-0.15, -0.1) is 0 Å². The molecule has 21 heavy (non-hydrogen) atoms. The molecular weight excluding hydrogens is 292 g/mol. The molecule has 1 aliphatic carbocycles. The number of carbonyl (C=O) groups excluding carboxylic acids is 1. The smallest absolute Gasteiger partial charge is 0.176 e. The van der Waals surface area contributed by atoms with E-state index in [9.17, 15) is 13.6 Å². The maximum atomic E-state index is 13.2. The number of Topliss-reactive ketones (excluding diaryl/α,β-unsaturated/α-hetero) is 1. The van der Waals surface area contributed by atoms with E-state index in [0.29, 0.717) is 6.04 Å². The Labute approximate surface area is 126 Å². The number of nitrogens with zero attached hydrogens (tertiary/aromatic N) is 1. The fraction of sp³-hybridized carbons (Fsp3) is 0.312. The van der Waals surface area contributed by atoms with Gasteiger partial charge in [-0.2, -0.15) is 11.3 Å². The molecule has 3 rings (SSSR count). The van der Waals surface area contributed by atoms with Crippen molar-refractivity contribution < 1.29 is 13.6 Å². The maximum Gasteiger partial charge on any atom is 0.176 e. The van der Waals surface area contributed by atoms with Crippen LogP contribution in [-0.4, -0.2) is 23.3 Å². The average Bonchev–Trinajstić information content (AvgIpc) is 3.19. The molecule has 0 amide bonds. The molecule has 1 saturated carbocycles. The third kappa shape index (κ3) is 3.54. The molecule has 1 fully saturated rings. The molecule has 5 heteroatoms. The summed E-state index contributed by atoms with van der Waals surface area (Å²) in [5, 5.41) is 4.08. The molecule has 0 bridgehead atoms. The molecule has 0 atom stereocenters. The van der Waals surface area contributed by atoms with E-state index in [4.69, 9.17) is 0 Å². The Bertz CT molecular complexity index is 638. The van der Waals surface area contributed by atoms with Gasteiger partial charge in [-0.3, -0.25) is 9.69 Å². The van der Waals surface area contributed by atoms with Crippen LogP contribution in [0.25, 0.3) is 0 Å². The lowest BCUT2D eigenvalue weighted by atomic mass is 10.1. The zero-order valence-electron chi connectivity index (χ0n) is 11.4. The molecule has 0 unspecified atom stereocenters. The van der Waals surface area contributed by atoms with Gasteiger partial charge in [0.1, 0.15) is 0 Å². The predicted octanol–water partition coefficient (Wildman–Crippen LogP) is 3.87. The summed E-state index contributed by atoms with van der Waals surface area (Å²) >= 11 is 1.63. The summed E-state index contributed by atoms with van der Waals surface area (Å²) in [5.74, 6) is -2.07. The van der Waals surface area contributed by atoms with Crippen molar-refractivity contribution in [2.24, 2.45) is 0 Å². The molecule has 110 valence electrons. The van der Waals surface area contributed by atoms with Crippen molar-refractivity contribution in [1.82, 2.24) is 4.90 Å². The third-order valence-corrected chi connectivity index (χ3v) is 4.35. The number of thiophene rings is 1. The first-order chi connectivity index (χ1) is 10.1. The van der Waals surface area contributed by atoms with Crippen molar-refractivity contribution in [1.29, 1.82) is 0 Å². The van der Waals surface area contributed by atoms with Crippen molar-refractivity contribution in [2.75, 3.05) is 6.54 Å². The van der Waals surface area contributed by atoms with Crippen molar-refractivity contribution in [3.8, 4) is 0 Å². The summed E-state index contributed by atoms with van der Waals surface area (Å²) in [6, 6.07) is 5.80. The van der Waals surface area contributed by atoms with E-state index in [0.717, 1.165) is 31.5 Å². The Morgan fingerprint density at radius 2 is 2.05 bits per heavy atom. The summed E-state index contributed by atoms with van der Waals surface area (Å²) < 4.78 is 26.1. The van der Waals surface area contributed by atoms with Gasteiger partial charge < -0.3 is 0 Å². The van der Waals surface area contributed by atoms with Crippen LogP contribution in [-0.2, 0) is 6.54 Å². The highest BCUT2D eigenvalue weighted by Gasteiger charge is 2.30. The van der Waals surface area contributed by atoms with E-state index < -0.39 is 11.6 Å². The Balaban J connectivity index is 1.70. The molecule has 0 spiro atoms. The summed E-state index contributed by atoms with van der Waals surface area (Å²) in [5.41, 5.74) is 1.41. The van der Waals surface area contributed by atoms with E-state index in [1.54, 1.807) is 11.3 Å². The van der Waals surface area contributed by atoms with Crippen molar-refractivity contribution >= 4 is 17.1 Å². The first-order valence-corrected chi connectivity index (χ1v) is 7.81. The SMILES string of the molecule is O=C(CN(Cc1ccsc1)C1CC1)c1ccc(F)c(F)c1. The second-order valence-electron chi connectivity index (χ2n) is 5.32. The first-order valence-electron chi connectivity index (χ1n) is 6.87. The van der Waals surface area contributed by atoms with Crippen LogP contribution < -0.4 is 0 Å². The Kier molecular flexibility index (Phi) is 4.12. The molecule has 1 aliphatic rings. The molecule has 0 N–H and O–H groups in total. The molecular formula is C16H15F2NOS. The molecule has 1 heterocycles. The second-order valence-corrected chi connectivity index (χ2v) is 6.10. The molecule has 0 radical (unpaired) electrons. The van der Waals surface area contributed by atoms with Gasteiger partial charge in [-0.25, -0.2) is 8.78 Å². The summed E-state index contributed by atoms with van der Waals surface area (Å²) in [4.78, 5) is 14.4. The third-order valence-electron chi connectivity index (χ3n) is 3.62. The minimum Gasteiger partial charge on any atom is -0.293 e. The van der Waals surface area contributed by atoms with Crippen LogP contribution in [0.2, 0.25) is 0 Å². The molecule has 1 aromatic carbocycles. The van der Waals surface area contributed by atoms with Crippen molar-refractivity contribution in [2.45, 2.75) is 25.4 Å². The van der Waals surface area contributed by atoms with Gasteiger partial charge in [-0.05, 0) is 53.4 Å². The van der Waals surface area contributed by atoms with Crippen molar-refractivity contribution in [3.63, 3.8) is 0 Å². The van der Waals surface area contributed by atoms with Crippen LogP contribution in [0.1, 0.15) is 28.8 Å². The molecule has 2 nitrogen and oxygen atoms in total. The van der Waals surface area contributed by atoms with E-state index >= 15 is 0 Å². The highest BCUT2D eigenvalue weighted by atomic mass is 32.1. The largest absolute Gasteiger partial charge is 0.293 e. The Hall–Kier alpha value is -1.59. The monoisotopic (exact) mass is 307 g/mol. The summed E-state index contributed by atoms with van der Waals surface area (Å²) in [6.45, 7) is 0.967. The summed E-state index contributed by atoms with van der Waals surface area (Å²) in [6.07, 6.45) is 2.18. The number of rotatable bonds is 6. The van der Waals surface area contributed by atoms with Gasteiger partial charge in [0, 0.05) is 18.2 Å². The highest BCUT2D eigenvalue weighted by Crippen LogP contribution is 2.29. The molecule has 0 saturated heterocycles. The van der Waals surface area contributed by atoms with Crippen LogP contribution in [0.3, 0.4) is 0 Å². The van der Waals surface area contributed by atoms with Crippen LogP contribution in [0.5, 0.6) is 0 Å². The quantitative estimate of drug-likeness (QED) is 0.755. The van der Waals surface area contributed by atoms with Crippen LogP contribution in [0, 0.1) is 11.6 Å². The number of carbonyl (C=O) groups is 1. The van der Waals surface area contributed by atoms with Gasteiger partial charge in [-0.1, -0.05) is 0 Å². The molecule has 2 aromatic rings. The number of halogens is 2. The summed E-state index contributed by atoms with van der Waals surface area (Å²) in [7, 11) is 0. The Morgan fingerprint density at radius 1 is 1.24 bits per heavy atom. The van der Waals surface area contributed by atoms with Gasteiger partial charge in [0.2, 0.25) is 0 Å². The van der Waals surface area contributed by atoms with E-state index in [1.165, 1.54) is 11.6 Å². The van der Waals surface area contributed by atoms with Crippen LogP contribution in [0.15, 0.2) is 35.0 Å². The van der Waals surface area contributed by atoms with Gasteiger partial charge >= 0.3 is 0 Å². The number of hydrogen-bond donors (Lipinski definition) is 0. The minimum atomic E-state index is -0.975. The Morgan fingerprint density at radius 3 is 2.67 bits per heavy atom. The number of ketones is 1. The lowest BCUT2D eigenvalue weighted by Crippen LogP contribution is -2.31. The van der Waals surface area contributed by atoms with Gasteiger partial charge in [0.25, 0.3) is 0 Å². The average molecular weight is 307 g/mol. The topological polar surface area (TPSA) is 20.3 Å². The zero-order chi connectivity index (χ0) is 14.8. The standard InChI is InChI=1S/C16H15F2NOS/c17-14-4-1-12(7-15(14)18)16(20)9-19(13-2-3-13)8-11-5-6-21-10-11/h1,4-7,10,13H,2-3,8-9H2. The molecule has 1 aromatic heterocycles. The van der Waals surface area contributed by atoms with E-state index in [2.05, 4.69) is 10.3 Å². The second kappa shape index (κ2) is 6.03. The van der Waals surface area contributed by atoms with Gasteiger partial charge in [0.15, 0.2) is 17.4 Å². The molecule has 0 aliphatic heterocycles. The van der Waals surface area contributed by atoms with E-state index in [1.807, 2.05) is 11.4 Å². The van der Waals surface area contributed by atoms with Gasteiger partial charge in [0.05, 0.1) is 6.54 Å². The predicted molar refractivity (Wildman–Crippen MR) is 78.4 cm³/mol. The highest BCUT2D eigenvalue weighted by molar-refractivity contribution is 7.07. The lowest BCUT2D eigenvalue weighted by Gasteiger charge is -2.20. The maximum absolute atomic E-state index is 13.2. The van der Waals surface area contributed by atoms with Crippen molar-refractivity contribution in [3.05, 3.63) is 57.8 Å². The van der Waals surface area contributed by atoms with Crippen LogP contribution >= 0.6 is 11.3 Å². The fourth-order valence-corrected chi connectivity index (χ4v) is 2.98. The zero-order valence-corrected chi connectivity index (χ0v) is 12.2. The number of benzene rings is 1. The van der Waals surface area contributed by atoms with Crippen LogP contribution in [0.4, 0.5) is 8.78 Å². The lowest BCUT2D eigenvalue weighted by molar-refractivity contribution is 0.0918.